The number of hydrogen-bond donors (Lipinski definition) is 1. The molecule has 1 fully saturated rings. The predicted octanol–water partition coefficient (Wildman–Crippen LogP) is 0.392. The zero-order valence-electron chi connectivity index (χ0n) is 4.44. The summed E-state index contributed by atoms with van der Waals surface area (Å²) in [7, 11) is 2.01. The highest BCUT2D eigenvalue weighted by molar-refractivity contribution is 5.51. The second-order valence-electron chi connectivity index (χ2n) is 2.36. The molecular weight excluding hydrogens is 86.1 g/mol. The van der Waals surface area contributed by atoms with Crippen LogP contribution >= 0.6 is 0 Å². The van der Waals surface area contributed by atoms with Crippen LogP contribution in [0.2, 0.25) is 0 Å². The van der Waals surface area contributed by atoms with E-state index in [0.29, 0.717) is 0 Å². The maximum Gasteiger partial charge on any atom is 0.00615 e. The van der Waals surface area contributed by atoms with E-state index in [2.05, 4.69) is 11.4 Å². The van der Waals surface area contributed by atoms with E-state index in [-0.39, 0.29) is 0 Å². The summed E-state index contributed by atoms with van der Waals surface area (Å²) >= 11 is 0. The standard InChI is InChI=1S/C6H9N/c1-7-3-6-4-2-5(4)6/h2,4,6-7H,3H2,1H3. The monoisotopic (exact) mass is 95.1 g/mol. The summed E-state index contributed by atoms with van der Waals surface area (Å²) in [5, 5.41) is 3.15. The summed E-state index contributed by atoms with van der Waals surface area (Å²) in [6.45, 7) is 1.20. The highest BCUT2D eigenvalue weighted by Crippen LogP contribution is 2.59. The highest BCUT2D eigenvalue weighted by atomic mass is 14.8. The van der Waals surface area contributed by atoms with Gasteiger partial charge in [-0.15, -0.1) is 0 Å². The molecule has 0 aromatic carbocycles. The maximum atomic E-state index is 3.15. The molecular formula is C6H9N. The molecule has 1 N–H and O–H groups in total. The second-order valence-corrected chi connectivity index (χ2v) is 2.36. The van der Waals surface area contributed by atoms with Crippen LogP contribution in [0.5, 0.6) is 0 Å². The van der Waals surface area contributed by atoms with Gasteiger partial charge in [0.05, 0.1) is 0 Å². The molecule has 0 aliphatic heterocycles. The van der Waals surface area contributed by atoms with E-state index in [4.69, 9.17) is 0 Å². The number of rotatable bonds is 2. The van der Waals surface area contributed by atoms with Crippen LogP contribution in [0, 0.1) is 11.8 Å². The van der Waals surface area contributed by atoms with Gasteiger partial charge in [-0.25, -0.2) is 0 Å². The second kappa shape index (κ2) is 0.920. The first-order chi connectivity index (χ1) is 3.43. The molecule has 1 nitrogen and oxygen atoms in total. The zero-order chi connectivity index (χ0) is 4.85. The van der Waals surface area contributed by atoms with Crippen molar-refractivity contribution in [3.63, 3.8) is 0 Å². The fourth-order valence-corrected chi connectivity index (χ4v) is 1.11. The first-order valence-electron chi connectivity index (χ1n) is 2.79. The minimum absolute atomic E-state index is 0.963. The topological polar surface area (TPSA) is 12.0 Å². The molecule has 2 aliphatic rings. The smallest absolute Gasteiger partial charge is 0.00615 e. The van der Waals surface area contributed by atoms with E-state index in [1.54, 1.807) is 5.57 Å². The molecule has 0 radical (unpaired) electrons. The van der Waals surface area contributed by atoms with Crippen molar-refractivity contribution in [2.75, 3.05) is 13.6 Å². The molecule has 2 aliphatic carbocycles. The first-order valence-corrected chi connectivity index (χ1v) is 2.79. The zero-order valence-corrected chi connectivity index (χ0v) is 4.44. The number of allylic oxidation sites excluding steroid dienone is 1. The summed E-state index contributed by atoms with van der Waals surface area (Å²) < 4.78 is 0. The lowest BCUT2D eigenvalue weighted by molar-refractivity contribution is 0.687. The summed E-state index contributed by atoms with van der Waals surface area (Å²) in [4.78, 5) is 0. The van der Waals surface area contributed by atoms with Crippen LogP contribution < -0.4 is 5.32 Å². The Morgan fingerprint density at radius 1 is 1.86 bits per heavy atom. The maximum absolute atomic E-state index is 3.15. The molecule has 0 aromatic heterocycles. The molecule has 2 unspecified atom stereocenters. The minimum atomic E-state index is 0.963. The van der Waals surface area contributed by atoms with Gasteiger partial charge in [0.2, 0.25) is 0 Å². The van der Waals surface area contributed by atoms with Gasteiger partial charge in [0.25, 0.3) is 0 Å². The van der Waals surface area contributed by atoms with Crippen molar-refractivity contribution >= 4 is 0 Å². The third-order valence-electron chi connectivity index (χ3n) is 1.82. The SMILES string of the molecule is CNCC1C2=CC21. The summed E-state index contributed by atoms with van der Waals surface area (Å²) in [6, 6.07) is 0. The van der Waals surface area contributed by atoms with Gasteiger partial charge in [-0.2, -0.15) is 0 Å². The Balaban J connectivity index is 1.82. The molecule has 0 spiro atoms. The van der Waals surface area contributed by atoms with Gasteiger partial charge in [-0.05, 0) is 7.05 Å². The van der Waals surface area contributed by atoms with Crippen LogP contribution in [0.1, 0.15) is 0 Å². The van der Waals surface area contributed by atoms with Crippen LogP contribution in [0.4, 0.5) is 0 Å². The van der Waals surface area contributed by atoms with Gasteiger partial charge in [-0.1, -0.05) is 11.6 Å². The quantitative estimate of drug-likeness (QED) is 0.489. The van der Waals surface area contributed by atoms with E-state index >= 15 is 0 Å². The average molecular weight is 95.1 g/mol. The van der Waals surface area contributed by atoms with Gasteiger partial charge in [0.15, 0.2) is 0 Å². The summed E-state index contributed by atoms with van der Waals surface area (Å²) in [5.74, 6) is 1.93. The fraction of sp³-hybridized carbons (Fsp3) is 0.667. The van der Waals surface area contributed by atoms with Gasteiger partial charge >= 0.3 is 0 Å². The predicted molar refractivity (Wildman–Crippen MR) is 29.0 cm³/mol. The van der Waals surface area contributed by atoms with Crippen molar-refractivity contribution in [1.29, 1.82) is 0 Å². The largest absolute Gasteiger partial charge is 0.319 e. The van der Waals surface area contributed by atoms with E-state index < -0.39 is 0 Å². The number of nitrogens with one attached hydrogen (secondary N) is 1. The van der Waals surface area contributed by atoms with E-state index in [0.717, 1.165) is 11.8 Å². The third kappa shape index (κ3) is 0.361. The van der Waals surface area contributed by atoms with Crippen LogP contribution in [-0.4, -0.2) is 13.6 Å². The molecule has 0 heterocycles. The van der Waals surface area contributed by atoms with Gasteiger partial charge in [0.1, 0.15) is 0 Å². The first kappa shape index (κ1) is 3.67. The Morgan fingerprint density at radius 3 is 2.71 bits per heavy atom. The Hall–Kier alpha value is -0.300. The van der Waals surface area contributed by atoms with Gasteiger partial charge in [0, 0.05) is 18.4 Å². The highest BCUT2D eigenvalue weighted by Gasteiger charge is 2.52. The normalized spacial score (nSPS) is 42.1. The molecule has 2 atom stereocenters. The van der Waals surface area contributed by atoms with Crippen molar-refractivity contribution in [1.82, 2.24) is 5.32 Å². The molecule has 7 heavy (non-hydrogen) atoms. The Bertz CT molecular complexity index is 126. The van der Waals surface area contributed by atoms with Crippen molar-refractivity contribution in [3.8, 4) is 0 Å². The molecule has 0 aromatic rings. The molecule has 0 bridgehead atoms. The average Bonchev–Trinajstić information content (AvgIpc) is 2.41. The lowest BCUT2D eigenvalue weighted by atomic mass is 10.3. The Morgan fingerprint density at radius 2 is 2.57 bits per heavy atom. The molecule has 1 heteroatoms. The molecule has 0 saturated heterocycles. The van der Waals surface area contributed by atoms with Crippen LogP contribution in [0.15, 0.2) is 11.6 Å². The fourth-order valence-electron chi connectivity index (χ4n) is 1.11. The Labute approximate surface area is 43.4 Å². The Kier molecular flexibility index (Phi) is 0.482. The third-order valence-corrected chi connectivity index (χ3v) is 1.82. The molecule has 1 saturated carbocycles. The van der Waals surface area contributed by atoms with Crippen molar-refractivity contribution in [2.24, 2.45) is 11.8 Å². The van der Waals surface area contributed by atoms with Crippen LogP contribution in [0.25, 0.3) is 0 Å². The molecule has 2 rings (SSSR count). The van der Waals surface area contributed by atoms with Crippen molar-refractivity contribution in [2.45, 2.75) is 0 Å². The van der Waals surface area contributed by atoms with Crippen molar-refractivity contribution in [3.05, 3.63) is 11.6 Å². The lowest BCUT2D eigenvalue weighted by Crippen LogP contribution is -2.11. The van der Waals surface area contributed by atoms with Crippen molar-refractivity contribution < 1.29 is 0 Å². The number of fused-ring (bicyclic) bond motifs is 1. The molecule has 0 amide bonds. The van der Waals surface area contributed by atoms with E-state index in [1.807, 2.05) is 7.05 Å². The van der Waals surface area contributed by atoms with E-state index in [9.17, 15) is 0 Å². The summed E-state index contributed by atoms with van der Waals surface area (Å²) in [6.07, 6.45) is 2.34. The van der Waals surface area contributed by atoms with E-state index in [1.165, 1.54) is 6.54 Å². The number of hydrogen-bond acceptors (Lipinski definition) is 1. The van der Waals surface area contributed by atoms with Crippen LogP contribution in [0.3, 0.4) is 0 Å². The van der Waals surface area contributed by atoms with Crippen LogP contribution in [-0.2, 0) is 0 Å². The molecule has 38 valence electrons. The van der Waals surface area contributed by atoms with Gasteiger partial charge < -0.3 is 5.32 Å². The summed E-state index contributed by atoms with van der Waals surface area (Å²) in [5.41, 5.74) is 1.70. The van der Waals surface area contributed by atoms with Gasteiger partial charge in [-0.3, -0.25) is 0 Å². The lowest BCUT2D eigenvalue weighted by Gasteiger charge is -1.93. The minimum Gasteiger partial charge on any atom is -0.319 e.